The van der Waals surface area contributed by atoms with Crippen molar-refractivity contribution in [3.05, 3.63) is 95.7 Å². The van der Waals surface area contributed by atoms with Gasteiger partial charge in [0, 0.05) is 31.3 Å². The van der Waals surface area contributed by atoms with E-state index in [1.54, 1.807) is 11.1 Å². The Labute approximate surface area is 317 Å². The van der Waals surface area contributed by atoms with Crippen LogP contribution in [0.15, 0.2) is 79.0 Å². The second kappa shape index (κ2) is 18.8. The Bertz CT molecular complexity index is 1750. The van der Waals surface area contributed by atoms with Gasteiger partial charge in [-0.1, -0.05) is 80.6 Å². The first-order chi connectivity index (χ1) is 26.0. The van der Waals surface area contributed by atoms with Crippen molar-refractivity contribution in [3.8, 4) is 0 Å². The van der Waals surface area contributed by atoms with Crippen molar-refractivity contribution in [3.63, 3.8) is 0 Å². The number of piperidine rings is 1. The number of carbonyl (C=O) groups is 5. The number of amides is 5. The van der Waals surface area contributed by atoms with E-state index in [1.165, 1.54) is 0 Å². The second-order valence-corrected chi connectivity index (χ2v) is 14.8. The van der Waals surface area contributed by atoms with Gasteiger partial charge in [-0.2, -0.15) is 0 Å². The molecule has 1 fully saturated rings. The summed E-state index contributed by atoms with van der Waals surface area (Å²) in [7, 11) is 0. The molecule has 8 N–H and O–H groups in total. The summed E-state index contributed by atoms with van der Waals surface area (Å²) in [6.45, 7) is 5.00. The number of nitrogens with two attached hydrogens (primary N) is 2. The molecule has 1 aromatic heterocycles. The predicted molar refractivity (Wildman–Crippen MR) is 207 cm³/mol. The van der Waals surface area contributed by atoms with E-state index in [9.17, 15) is 24.0 Å². The van der Waals surface area contributed by atoms with E-state index in [0.717, 1.165) is 16.7 Å². The van der Waals surface area contributed by atoms with Crippen molar-refractivity contribution in [2.45, 2.75) is 94.8 Å². The van der Waals surface area contributed by atoms with Gasteiger partial charge in [-0.15, -0.1) is 0 Å². The monoisotopic (exact) mass is 738 g/mol. The van der Waals surface area contributed by atoms with Crippen LogP contribution in [0.25, 0.3) is 0 Å². The maximum atomic E-state index is 14.1. The summed E-state index contributed by atoms with van der Waals surface area (Å²) in [6.07, 6.45) is 4.93. The van der Waals surface area contributed by atoms with E-state index in [-0.39, 0.29) is 24.2 Å². The highest BCUT2D eigenvalue weighted by Gasteiger charge is 2.50. The summed E-state index contributed by atoms with van der Waals surface area (Å²) in [5.41, 5.74) is 13.9. The van der Waals surface area contributed by atoms with Gasteiger partial charge in [0.2, 0.25) is 29.5 Å². The standard InChI is InChI=1S/C41H54N8O5/c1-27(2)24-33(47-38(52)34(26-29-14-7-4-8-15-29)46-36(50)31(43)25-28-12-5-3-6-13-28)37(51)45-32(17-9-10-20-42)39(53)49-22-18-41(19-23-49)30-16-11-21-44-35(30)48-40(41)54/h3-8,11-16,21,27,31-34H,9-10,17-20,22-26,42-43H2,1-2H3,(H,45,51)(H,46,50)(H,47,52)(H,44,48,54)/t31-,32-,33-,34-/m1/s1. The molecular formula is C41H54N8O5. The molecule has 0 saturated carbocycles. The SMILES string of the molecule is CC(C)C[C@@H](NC(=O)[C@@H](Cc1ccccc1)NC(=O)[C@H](N)Cc1ccccc1)C(=O)N[C@H](CCCCN)C(=O)N1CCC2(CC1)C(=O)Nc1ncccc12. The van der Waals surface area contributed by atoms with Crippen molar-refractivity contribution in [2.24, 2.45) is 17.4 Å². The van der Waals surface area contributed by atoms with Crippen LogP contribution in [0.5, 0.6) is 0 Å². The molecule has 54 heavy (non-hydrogen) atoms. The number of pyridine rings is 1. The summed E-state index contributed by atoms with van der Waals surface area (Å²) >= 11 is 0. The van der Waals surface area contributed by atoms with Crippen LogP contribution in [-0.4, -0.2) is 83.2 Å². The van der Waals surface area contributed by atoms with Crippen LogP contribution in [0.1, 0.15) is 69.1 Å². The van der Waals surface area contributed by atoms with Gasteiger partial charge in [0.05, 0.1) is 11.5 Å². The van der Waals surface area contributed by atoms with E-state index in [1.807, 2.05) is 86.6 Å². The van der Waals surface area contributed by atoms with E-state index >= 15 is 0 Å². The number of unbranched alkanes of at least 4 members (excludes halogenated alkanes) is 1. The molecule has 0 unspecified atom stereocenters. The molecule has 13 nitrogen and oxygen atoms in total. The smallest absolute Gasteiger partial charge is 0.245 e. The number of benzene rings is 2. The fourth-order valence-corrected chi connectivity index (χ4v) is 7.36. The summed E-state index contributed by atoms with van der Waals surface area (Å²) < 4.78 is 0. The lowest BCUT2D eigenvalue weighted by Crippen LogP contribution is -2.59. The Morgan fingerprint density at radius 2 is 1.39 bits per heavy atom. The maximum Gasteiger partial charge on any atom is 0.245 e. The van der Waals surface area contributed by atoms with Crippen LogP contribution >= 0.6 is 0 Å². The minimum Gasteiger partial charge on any atom is -0.343 e. The predicted octanol–water partition coefficient (Wildman–Crippen LogP) is 2.34. The quantitative estimate of drug-likeness (QED) is 0.113. The zero-order chi connectivity index (χ0) is 38.7. The summed E-state index contributed by atoms with van der Waals surface area (Å²) in [4.78, 5) is 74.6. The molecule has 0 aliphatic carbocycles. The van der Waals surface area contributed by atoms with Crippen molar-refractivity contribution in [1.29, 1.82) is 0 Å². The third kappa shape index (κ3) is 10.1. The number of rotatable bonds is 17. The van der Waals surface area contributed by atoms with E-state index < -0.39 is 47.3 Å². The number of fused-ring (bicyclic) bond motifs is 2. The number of aromatic nitrogens is 1. The average molecular weight is 739 g/mol. The Balaban J connectivity index is 1.28. The summed E-state index contributed by atoms with van der Waals surface area (Å²) in [5.74, 6) is -1.27. The zero-order valence-electron chi connectivity index (χ0n) is 31.3. The van der Waals surface area contributed by atoms with Crippen molar-refractivity contribution in [2.75, 3.05) is 25.0 Å². The molecule has 1 saturated heterocycles. The fourth-order valence-electron chi connectivity index (χ4n) is 7.36. The highest BCUT2D eigenvalue weighted by Crippen LogP contribution is 2.44. The van der Waals surface area contributed by atoms with Crippen molar-refractivity contribution in [1.82, 2.24) is 25.8 Å². The number of likely N-dealkylation sites (tertiary alicyclic amines) is 1. The molecule has 2 aromatic carbocycles. The normalized spacial score (nSPS) is 16.8. The topological polar surface area (TPSA) is 202 Å². The van der Waals surface area contributed by atoms with Crippen LogP contribution in [0, 0.1) is 5.92 Å². The highest BCUT2D eigenvalue weighted by molar-refractivity contribution is 6.05. The Hall–Kier alpha value is -5.14. The lowest BCUT2D eigenvalue weighted by molar-refractivity contribution is -0.140. The molecule has 4 atom stereocenters. The van der Waals surface area contributed by atoms with Gasteiger partial charge in [0.15, 0.2) is 0 Å². The zero-order valence-corrected chi connectivity index (χ0v) is 31.3. The van der Waals surface area contributed by atoms with E-state index in [2.05, 4.69) is 26.3 Å². The van der Waals surface area contributed by atoms with Crippen LogP contribution in [0.4, 0.5) is 5.82 Å². The first-order valence-corrected chi connectivity index (χ1v) is 19.0. The molecule has 1 spiro atoms. The van der Waals surface area contributed by atoms with Gasteiger partial charge >= 0.3 is 0 Å². The average Bonchev–Trinajstić information content (AvgIpc) is 3.44. The second-order valence-electron chi connectivity index (χ2n) is 14.8. The number of nitrogens with zero attached hydrogens (tertiary/aromatic N) is 2. The van der Waals surface area contributed by atoms with Crippen molar-refractivity contribution < 1.29 is 24.0 Å². The molecule has 0 radical (unpaired) electrons. The van der Waals surface area contributed by atoms with E-state index in [0.29, 0.717) is 70.4 Å². The molecule has 0 bridgehead atoms. The van der Waals surface area contributed by atoms with Crippen LogP contribution in [0.3, 0.4) is 0 Å². The number of hydrogen-bond donors (Lipinski definition) is 6. The van der Waals surface area contributed by atoms with Crippen LogP contribution < -0.4 is 32.7 Å². The largest absolute Gasteiger partial charge is 0.343 e. The number of carbonyl (C=O) groups excluding carboxylic acids is 5. The molecule has 3 aromatic rings. The van der Waals surface area contributed by atoms with Gasteiger partial charge in [-0.05, 0) is 74.6 Å². The summed E-state index contributed by atoms with van der Waals surface area (Å²) in [6, 6.07) is 18.7. The molecule has 5 amide bonds. The number of anilines is 1. The van der Waals surface area contributed by atoms with Crippen LogP contribution in [0.2, 0.25) is 0 Å². The highest BCUT2D eigenvalue weighted by atomic mass is 16.2. The molecular weight excluding hydrogens is 685 g/mol. The van der Waals surface area contributed by atoms with Crippen molar-refractivity contribution >= 4 is 35.4 Å². The van der Waals surface area contributed by atoms with E-state index in [4.69, 9.17) is 11.5 Å². The van der Waals surface area contributed by atoms with Gasteiger partial charge in [0.25, 0.3) is 0 Å². The Kier molecular flexibility index (Phi) is 13.9. The van der Waals surface area contributed by atoms with Gasteiger partial charge < -0.3 is 37.6 Å². The Morgan fingerprint density at radius 1 is 0.796 bits per heavy atom. The molecule has 2 aliphatic rings. The number of hydrogen-bond acceptors (Lipinski definition) is 8. The van der Waals surface area contributed by atoms with Gasteiger partial charge in [-0.25, -0.2) is 4.98 Å². The lowest BCUT2D eigenvalue weighted by atomic mass is 9.74. The molecule has 288 valence electrons. The third-order valence-corrected chi connectivity index (χ3v) is 10.4. The maximum absolute atomic E-state index is 14.1. The summed E-state index contributed by atoms with van der Waals surface area (Å²) in [5, 5.41) is 11.6. The Morgan fingerprint density at radius 3 is 2.02 bits per heavy atom. The molecule has 2 aliphatic heterocycles. The number of nitrogens with one attached hydrogen (secondary N) is 4. The fraction of sp³-hybridized carbons (Fsp3) is 0.463. The lowest BCUT2D eigenvalue weighted by Gasteiger charge is -2.39. The van der Waals surface area contributed by atoms with Gasteiger partial charge in [-0.3, -0.25) is 24.0 Å². The molecule has 3 heterocycles. The van der Waals surface area contributed by atoms with Gasteiger partial charge in [0.1, 0.15) is 23.9 Å². The third-order valence-electron chi connectivity index (χ3n) is 10.4. The minimum absolute atomic E-state index is 0.0158. The first-order valence-electron chi connectivity index (χ1n) is 19.0. The molecule has 13 heteroatoms. The minimum atomic E-state index is -1.01. The molecule has 5 rings (SSSR count). The van der Waals surface area contributed by atoms with Crippen LogP contribution in [-0.2, 0) is 42.2 Å². The first kappa shape index (κ1) is 40.1.